The predicted octanol–water partition coefficient (Wildman–Crippen LogP) is 0.505. The van der Waals surface area contributed by atoms with Crippen molar-refractivity contribution in [3.8, 4) is 6.07 Å². The molecule has 7 heteroatoms. The third kappa shape index (κ3) is 1.38. The van der Waals surface area contributed by atoms with Crippen LogP contribution in [0.5, 0.6) is 0 Å². The number of nitriles is 1. The second kappa shape index (κ2) is 3.58. The van der Waals surface area contributed by atoms with Gasteiger partial charge in [-0.25, -0.2) is 4.79 Å². The highest BCUT2D eigenvalue weighted by atomic mass is 32.2. The molecule has 1 saturated heterocycles. The summed E-state index contributed by atoms with van der Waals surface area (Å²) < 4.78 is 32.9. The first-order valence-corrected chi connectivity index (χ1v) is 7.44. The number of carbonyl (C=O) groups is 1. The van der Waals surface area contributed by atoms with Crippen molar-refractivity contribution in [2.45, 2.75) is 36.7 Å². The Balaban J connectivity index is 1.93. The second-order valence-corrected chi connectivity index (χ2v) is 7.30. The molecule has 5 atom stereocenters. The zero-order valence-electron chi connectivity index (χ0n) is 10.3. The fraction of sp³-hybridized carbons (Fsp3) is 0.667. The Morgan fingerprint density at radius 3 is 2.84 bits per heavy atom. The van der Waals surface area contributed by atoms with Crippen molar-refractivity contribution in [3.63, 3.8) is 0 Å². The summed E-state index contributed by atoms with van der Waals surface area (Å²) in [5.74, 6) is -1.07. The van der Waals surface area contributed by atoms with Gasteiger partial charge in [0.05, 0.1) is 6.07 Å². The van der Waals surface area contributed by atoms with Crippen molar-refractivity contribution in [2.24, 2.45) is 11.8 Å². The molecule has 0 amide bonds. The fourth-order valence-electron chi connectivity index (χ4n) is 3.50. The smallest absolute Gasteiger partial charge is 0.333 e. The van der Waals surface area contributed by atoms with Crippen LogP contribution in [0.2, 0.25) is 0 Å². The molecule has 0 aromatic rings. The zero-order chi connectivity index (χ0) is 14.0. The maximum absolute atomic E-state index is 12.0. The van der Waals surface area contributed by atoms with Gasteiger partial charge in [-0.15, -0.1) is 0 Å². The summed E-state index contributed by atoms with van der Waals surface area (Å²) in [7, 11) is -3.91. The van der Waals surface area contributed by atoms with E-state index in [4.69, 9.17) is 8.92 Å². The van der Waals surface area contributed by atoms with Crippen molar-refractivity contribution in [1.82, 2.24) is 0 Å². The quantitative estimate of drug-likeness (QED) is 0.416. The lowest BCUT2D eigenvalue weighted by Crippen LogP contribution is -2.43. The van der Waals surface area contributed by atoms with Crippen molar-refractivity contribution in [3.05, 3.63) is 12.2 Å². The molecule has 2 aliphatic carbocycles. The van der Waals surface area contributed by atoms with Crippen LogP contribution >= 0.6 is 0 Å². The zero-order valence-corrected chi connectivity index (χ0v) is 11.1. The highest BCUT2D eigenvalue weighted by molar-refractivity contribution is 7.88. The molecule has 0 aromatic heterocycles. The van der Waals surface area contributed by atoms with Crippen LogP contribution in [-0.4, -0.2) is 31.3 Å². The van der Waals surface area contributed by atoms with E-state index in [1.165, 1.54) is 6.92 Å². The van der Waals surface area contributed by atoms with Crippen LogP contribution in [0.1, 0.15) is 19.8 Å². The van der Waals surface area contributed by atoms with E-state index in [2.05, 4.69) is 6.58 Å². The normalized spacial score (nSPS) is 44.8. The molecule has 0 radical (unpaired) electrons. The number of hydrogen-bond donors (Lipinski definition) is 0. The van der Waals surface area contributed by atoms with Crippen molar-refractivity contribution < 1.29 is 22.1 Å². The van der Waals surface area contributed by atoms with Gasteiger partial charge in [-0.1, -0.05) is 6.58 Å². The van der Waals surface area contributed by atoms with Gasteiger partial charge in [0.25, 0.3) is 10.1 Å². The Morgan fingerprint density at radius 1 is 1.58 bits per heavy atom. The molecule has 19 heavy (non-hydrogen) atoms. The number of fused-ring (bicyclic) bond motifs is 1. The van der Waals surface area contributed by atoms with E-state index in [1.54, 1.807) is 0 Å². The van der Waals surface area contributed by atoms with Gasteiger partial charge in [-0.3, -0.25) is 4.18 Å². The van der Waals surface area contributed by atoms with E-state index in [0.29, 0.717) is 6.42 Å². The first kappa shape index (κ1) is 12.6. The molecule has 0 N–H and O–H groups in total. The first-order chi connectivity index (χ1) is 8.82. The minimum atomic E-state index is -3.91. The number of rotatable bonds is 2. The number of esters is 1. The predicted molar refractivity (Wildman–Crippen MR) is 63.0 cm³/mol. The molecule has 1 heterocycles. The summed E-state index contributed by atoms with van der Waals surface area (Å²) in [6.45, 7) is 5.02. The maximum atomic E-state index is 12.0. The van der Waals surface area contributed by atoms with Crippen LogP contribution in [0.25, 0.3) is 0 Å². The van der Waals surface area contributed by atoms with Crippen molar-refractivity contribution in [2.75, 3.05) is 0 Å². The topological polar surface area (TPSA) is 93.5 Å². The molecule has 0 spiro atoms. The second-order valence-electron chi connectivity index (χ2n) is 5.47. The first-order valence-electron chi connectivity index (χ1n) is 6.03. The monoisotopic (exact) mass is 283 g/mol. The maximum Gasteiger partial charge on any atom is 0.333 e. The lowest BCUT2D eigenvalue weighted by atomic mass is 9.85. The van der Waals surface area contributed by atoms with Gasteiger partial charge in [0, 0.05) is 17.4 Å². The van der Waals surface area contributed by atoms with E-state index < -0.39 is 39.0 Å². The van der Waals surface area contributed by atoms with Crippen LogP contribution in [-0.2, 0) is 23.8 Å². The highest BCUT2D eigenvalue weighted by Crippen LogP contribution is 2.61. The van der Waals surface area contributed by atoms with Crippen molar-refractivity contribution >= 4 is 16.1 Å². The number of nitrogens with zero attached hydrogens (tertiary/aromatic N) is 1. The van der Waals surface area contributed by atoms with Crippen LogP contribution < -0.4 is 0 Å². The molecule has 2 bridgehead atoms. The highest BCUT2D eigenvalue weighted by Gasteiger charge is 2.74. The summed E-state index contributed by atoms with van der Waals surface area (Å²) in [5.41, 5.74) is 0.259. The fourth-order valence-corrected chi connectivity index (χ4v) is 5.34. The molecule has 4 unspecified atom stereocenters. The molecule has 2 saturated carbocycles. The molecular weight excluding hydrogens is 270 g/mol. The molecule has 1 aliphatic heterocycles. The largest absolute Gasteiger partial charge is 0.456 e. The molecule has 3 fully saturated rings. The van der Waals surface area contributed by atoms with Gasteiger partial charge in [-0.05, 0) is 19.8 Å². The molecule has 3 aliphatic rings. The third-order valence-electron chi connectivity index (χ3n) is 4.37. The van der Waals surface area contributed by atoms with Crippen LogP contribution in [0.15, 0.2) is 12.2 Å². The third-order valence-corrected chi connectivity index (χ3v) is 6.30. The summed E-state index contributed by atoms with van der Waals surface area (Å²) in [6.07, 6.45) is -0.577. The lowest BCUT2D eigenvalue weighted by Gasteiger charge is -2.27. The van der Waals surface area contributed by atoms with E-state index in [9.17, 15) is 18.5 Å². The van der Waals surface area contributed by atoms with Crippen molar-refractivity contribution in [1.29, 1.82) is 5.26 Å². The molecule has 6 nitrogen and oxygen atoms in total. The van der Waals surface area contributed by atoms with Gasteiger partial charge in [0.15, 0.2) is 4.75 Å². The van der Waals surface area contributed by atoms with Gasteiger partial charge < -0.3 is 4.74 Å². The standard InChI is InChI=1S/C12H13NO5S/c1-6(2)11(14)17-9-7-3-8-10(9)18-19(15,16)12(8,4-7)5-13/h7-10H,1,3-4H2,2H3/t7?,8?,9?,10?,12-/m0/s1. The number of ether oxygens (including phenoxy) is 1. The molecule has 0 aromatic carbocycles. The Morgan fingerprint density at radius 2 is 2.26 bits per heavy atom. The number of hydrogen-bond acceptors (Lipinski definition) is 6. The summed E-state index contributed by atoms with van der Waals surface area (Å²) in [4.78, 5) is 11.6. The Kier molecular flexibility index (Phi) is 2.38. The van der Waals surface area contributed by atoms with Gasteiger partial charge in [0.2, 0.25) is 0 Å². The minimum absolute atomic E-state index is 0.129. The van der Waals surface area contributed by atoms with Crippen LogP contribution in [0.4, 0.5) is 0 Å². The summed E-state index contributed by atoms with van der Waals surface area (Å²) in [6, 6.07) is 1.92. The van der Waals surface area contributed by atoms with E-state index >= 15 is 0 Å². The van der Waals surface area contributed by atoms with Crippen LogP contribution in [0.3, 0.4) is 0 Å². The molecule has 102 valence electrons. The Hall–Kier alpha value is -1.39. The van der Waals surface area contributed by atoms with Crippen LogP contribution in [0, 0.1) is 23.2 Å². The lowest BCUT2D eigenvalue weighted by molar-refractivity contribution is -0.151. The summed E-state index contributed by atoms with van der Waals surface area (Å²) in [5, 5.41) is 9.23. The van der Waals surface area contributed by atoms with E-state index in [1.807, 2.05) is 6.07 Å². The average molecular weight is 283 g/mol. The Labute approximate surface area is 111 Å². The SMILES string of the molecule is C=C(C)C(=O)OC1C2CC3C1OS(=O)(=O)[C@]3(C#N)C2. The summed E-state index contributed by atoms with van der Waals surface area (Å²) >= 11 is 0. The number of carbonyl (C=O) groups excluding carboxylic acids is 1. The van der Waals surface area contributed by atoms with Gasteiger partial charge >= 0.3 is 5.97 Å². The molecular formula is C12H13NO5S. The molecule has 3 rings (SSSR count). The van der Waals surface area contributed by atoms with Gasteiger partial charge in [0.1, 0.15) is 12.2 Å². The van der Waals surface area contributed by atoms with E-state index in [0.717, 1.165) is 0 Å². The Bertz CT molecular complexity index is 619. The minimum Gasteiger partial charge on any atom is -0.456 e. The van der Waals surface area contributed by atoms with Gasteiger partial charge in [-0.2, -0.15) is 13.7 Å². The van der Waals surface area contributed by atoms with E-state index in [-0.39, 0.29) is 17.9 Å². The average Bonchev–Trinajstić information content (AvgIpc) is 2.89.